The molecule has 2 aromatic rings. The predicted octanol–water partition coefficient (Wildman–Crippen LogP) is 3.01. The van der Waals surface area contributed by atoms with Crippen molar-refractivity contribution in [3.05, 3.63) is 60.1 Å². The largest absolute Gasteiger partial charge is 0.459 e. The van der Waals surface area contributed by atoms with Crippen molar-refractivity contribution in [2.75, 3.05) is 13.1 Å². The molecule has 1 saturated heterocycles. The molecule has 0 radical (unpaired) electrons. The lowest BCUT2D eigenvalue weighted by Crippen LogP contribution is -2.43. The standard InChI is InChI=1S/C19H22N2O3/c1-14(15-6-3-2-4-7-15)20-18(22)16-9-11-21(12-10-16)19(23)17-8-5-13-24-17/h2-8,13-14,16H,9-12H2,1H3,(H,20,22)/t14-/m0/s1. The van der Waals surface area contributed by atoms with E-state index in [9.17, 15) is 9.59 Å². The van der Waals surface area contributed by atoms with Crippen molar-refractivity contribution in [1.29, 1.82) is 0 Å². The van der Waals surface area contributed by atoms with Gasteiger partial charge in [0, 0.05) is 19.0 Å². The number of carbonyl (C=O) groups is 2. The first-order chi connectivity index (χ1) is 11.6. The molecule has 1 N–H and O–H groups in total. The summed E-state index contributed by atoms with van der Waals surface area (Å²) in [5, 5.41) is 3.08. The van der Waals surface area contributed by atoms with Crippen LogP contribution in [0.4, 0.5) is 0 Å². The van der Waals surface area contributed by atoms with Crippen molar-refractivity contribution in [3.8, 4) is 0 Å². The van der Waals surface area contributed by atoms with Crippen LogP contribution in [0.25, 0.3) is 0 Å². The molecule has 1 aliphatic heterocycles. The first-order valence-electron chi connectivity index (χ1n) is 8.33. The molecule has 2 amide bonds. The Morgan fingerprint density at radius 2 is 1.83 bits per heavy atom. The van der Waals surface area contributed by atoms with Crippen LogP contribution < -0.4 is 5.32 Å². The van der Waals surface area contributed by atoms with E-state index in [0.717, 1.165) is 5.56 Å². The van der Waals surface area contributed by atoms with E-state index < -0.39 is 0 Å². The van der Waals surface area contributed by atoms with Gasteiger partial charge < -0.3 is 14.6 Å². The third kappa shape index (κ3) is 3.67. The summed E-state index contributed by atoms with van der Waals surface area (Å²) in [4.78, 5) is 26.4. The molecule has 126 valence electrons. The molecule has 1 aromatic carbocycles. The molecule has 1 aromatic heterocycles. The van der Waals surface area contributed by atoms with Crippen molar-refractivity contribution in [1.82, 2.24) is 10.2 Å². The number of benzene rings is 1. The number of nitrogens with one attached hydrogen (secondary N) is 1. The minimum Gasteiger partial charge on any atom is -0.459 e. The van der Waals surface area contributed by atoms with Crippen LogP contribution in [0.1, 0.15) is 41.9 Å². The lowest BCUT2D eigenvalue weighted by molar-refractivity contribution is -0.127. The minimum atomic E-state index is -0.100. The van der Waals surface area contributed by atoms with Gasteiger partial charge >= 0.3 is 0 Å². The summed E-state index contributed by atoms with van der Waals surface area (Å²) < 4.78 is 5.15. The van der Waals surface area contributed by atoms with Gasteiger partial charge in [0.25, 0.3) is 5.91 Å². The van der Waals surface area contributed by atoms with Crippen LogP contribution >= 0.6 is 0 Å². The molecule has 5 nitrogen and oxygen atoms in total. The van der Waals surface area contributed by atoms with Gasteiger partial charge in [0.15, 0.2) is 5.76 Å². The summed E-state index contributed by atoms with van der Waals surface area (Å²) >= 11 is 0. The summed E-state index contributed by atoms with van der Waals surface area (Å²) in [6.07, 6.45) is 2.86. The van der Waals surface area contributed by atoms with Gasteiger partial charge in [-0.3, -0.25) is 9.59 Å². The molecule has 3 rings (SSSR count). The third-order valence-corrected chi connectivity index (χ3v) is 4.54. The molecule has 0 saturated carbocycles. The van der Waals surface area contributed by atoms with Crippen LogP contribution in [-0.2, 0) is 4.79 Å². The van der Waals surface area contributed by atoms with Crippen LogP contribution in [0, 0.1) is 5.92 Å². The predicted molar refractivity (Wildman–Crippen MR) is 90.3 cm³/mol. The summed E-state index contributed by atoms with van der Waals surface area (Å²) in [6.45, 7) is 3.15. The summed E-state index contributed by atoms with van der Waals surface area (Å²) in [5.74, 6) is 0.278. The number of furan rings is 1. The smallest absolute Gasteiger partial charge is 0.289 e. The van der Waals surface area contributed by atoms with E-state index >= 15 is 0 Å². The highest BCUT2D eigenvalue weighted by Gasteiger charge is 2.29. The Morgan fingerprint density at radius 3 is 2.46 bits per heavy atom. The fraction of sp³-hybridized carbons (Fsp3) is 0.368. The van der Waals surface area contributed by atoms with Crippen LogP contribution in [0.2, 0.25) is 0 Å². The molecule has 0 unspecified atom stereocenters. The van der Waals surface area contributed by atoms with Crippen LogP contribution in [0.3, 0.4) is 0 Å². The van der Waals surface area contributed by atoms with Crippen molar-refractivity contribution in [3.63, 3.8) is 0 Å². The molecule has 0 aliphatic carbocycles. The zero-order chi connectivity index (χ0) is 16.9. The molecule has 2 heterocycles. The second-order valence-corrected chi connectivity index (χ2v) is 6.18. The lowest BCUT2D eigenvalue weighted by Gasteiger charge is -2.31. The second kappa shape index (κ2) is 7.34. The second-order valence-electron chi connectivity index (χ2n) is 6.18. The van der Waals surface area contributed by atoms with Gasteiger partial charge in [-0.25, -0.2) is 0 Å². The molecule has 1 fully saturated rings. The summed E-state index contributed by atoms with van der Waals surface area (Å²) in [6, 6.07) is 13.3. The van der Waals surface area contributed by atoms with E-state index in [-0.39, 0.29) is 23.8 Å². The maximum atomic E-state index is 12.5. The van der Waals surface area contributed by atoms with Crippen molar-refractivity contribution >= 4 is 11.8 Å². The summed E-state index contributed by atoms with van der Waals surface area (Å²) in [7, 11) is 0. The molecule has 24 heavy (non-hydrogen) atoms. The molecule has 1 aliphatic rings. The number of amides is 2. The minimum absolute atomic E-state index is 0.0125. The molecule has 0 bridgehead atoms. The number of hydrogen-bond donors (Lipinski definition) is 1. The van der Waals surface area contributed by atoms with Gasteiger partial charge in [0.1, 0.15) is 0 Å². The van der Waals surface area contributed by atoms with Crippen LogP contribution in [0.5, 0.6) is 0 Å². The average molecular weight is 326 g/mol. The van der Waals surface area contributed by atoms with Gasteiger partial charge in [-0.2, -0.15) is 0 Å². The van der Waals surface area contributed by atoms with Gasteiger partial charge in [-0.1, -0.05) is 30.3 Å². The Hall–Kier alpha value is -2.56. The Morgan fingerprint density at radius 1 is 1.12 bits per heavy atom. The molecule has 0 spiro atoms. The van der Waals surface area contributed by atoms with Crippen molar-refractivity contribution in [2.24, 2.45) is 5.92 Å². The first-order valence-corrected chi connectivity index (χ1v) is 8.33. The first kappa shape index (κ1) is 16.3. The topological polar surface area (TPSA) is 62.6 Å². The van der Waals surface area contributed by atoms with Crippen LogP contribution in [-0.4, -0.2) is 29.8 Å². The number of hydrogen-bond acceptors (Lipinski definition) is 3. The van der Waals surface area contributed by atoms with Crippen molar-refractivity contribution < 1.29 is 14.0 Å². The van der Waals surface area contributed by atoms with E-state index in [1.807, 2.05) is 37.3 Å². The number of likely N-dealkylation sites (tertiary alicyclic amines) is 1. The summed E-state index contributed by atoms with van der Waals surface area (Å²) in [5.41, 5.74) is 1.09. The Kier molecular flexibility index (Phi) is 4.99. The molecular formula is C19H22N2O3. The fourth-order valence-electron chi connectivity index (χ4n) is 3.06. The van der Waals surface area contributed by atoms with Crippen molar-refractivity contribution in [2.45, 2.75) is 25.8 Å². The zero-order valence-electron chi connectivity index (χ0n) is 13.8. The van der Waals surface area contributed by atoms with E-state index in [1.165, 1.54) is 6.26 Å². The quantitative estimate of drug-likeness (QED) is 0.939. The fourth-order valence-corrected chi connectivity index (χ4v) is 3.06. The van der Waals surface area contributed by atoms with E-state index in [4.69, 9.17) is 4.42 Å². The number of piperidine rings is 1. The van der Waals surface area contributed by atoms with E-state index in [2.05, 4.69) is 5.32 Å². The number of rotatable bonds is 4. The third-order valence-electron chi connectivity index (χ3n) is 4.54. The van der Waals surface area contributed by atoms with E-state index in [1.54, 1.807) is 17.0 Å². The normalized spacial score (nSPS) is 16.6. The highest BCUT2D eigenvalue weighted by molar-refractivity contribution is 5.91. The van der Waals surface area contributed by atoms with E-state index in [0.29, 0.717) is 31.7 Å². The van der Waals surface area contributed by atoms with Crippen LogP contribution in [0.15, 0.2) is 53.1 Å². The van der Waals surface area contributed by atoms with Gasteiger partial charge in [-0.05, 0) is 37.5 Å². The maximum absolute atomic E-state index is 12.5. The lowest BCUT2D eigenvalue weighted by atomic mass is 9.95. The Labute approximate surface area is 141 Å². The molecule has 1 atom stereocenters. The number of nitrogens with zero attached hydrogens (tertiary/aromatic N) is 1. The van der Waals surface area contributed by atoms with Gasteiger partial charge in [0.05, 0.1) is 12.3 Å². The molecular weight excluding hydrogens is 304 g/mol. The SMILES string of the molecule is C[C@H](NC(=O)C1CCN(C(=O)c2ccco2)CC1)c1ccccc1. The van der Waals surface area contributed by atoms with Gasteiger partial charge in [0.2, 0.25) is 5.91 Å². The molecule has 5 heteroatoms. The van der Waals surface area contributed by atoms with Gasteiger partial charge in [-0.15, -0.1) is 0 Å². The maximum Gasteiger partial charge on any atom is 0.289 e. The Bertz CT molecular complexity index is 674. The zero-order valence-corrected chi connectivity index (χ0v) is 13.8. The Balaban J connectivity index is 1.51. The average Bonchev–Trinajstić information content (AvgIpc) is 3.16. The highest BCUT2D eigenvalue weighted by Crippen LogP contribution is 2.21. The highest BCUT2D eigenvalue weighted by atomic mass is 16.3. The number of carbonyl (C=O) groups excluding carboxylic acids is 2. The monoisotopic (exact) mass is 326 g/mol.